The van der Waals surface area contributed by atoms with E-state index >= 15 is 0 Å². The molecule has 1 saturated heterocycles. The van der Waals surface area contributed by atoms with Gasteiger partial charge in [0.25, 0.3) is 0 Å². The van der Waals surface area contributed by atoms with Crippen molar-refractivity contribution in [1.82, 2.24) is 0 Å². The number of ether oxygens (including phenoxy) is 1. The second kappa shape index (κ2) is 2.89. The second-order valence-corrected chi connectivity index (χ2v) is 3.21. The maximum Gasteiger partial charge on any atom is 0.0975 e. The Kier molecular flexibility index (Phi) is 2.36. The van der Waals surface area contributed by atoms with E-state index in [1.807, 2.05) is 0 Å². The number of alkyl halides is 1. The molecule has 0 aliphatic carbocycles. The molecule has 1 aliphatic heterocycles. The first-order chi connectivity index (χ1) is 4.25. The SMILES string of the molecule is CCC(C)C(Cl)C1CO1. The molecule has 0 aromatic carbocycles. The van der Waals surface area contributed by atoms with Crippen molar-refractivity contribution in [2.24, 2.45) is 5.92 Å². The highest BCUT2D eigenvalue weighted by atomic mass is 35.5. The van der Waals surface area contributed by atoms with Crippen molar-refractivity contribution >= 4 is 11.6 Å². The molecule has 1 aliphatic rings. The molecule has 1 fully saturated rings. The van der Waals surface area contributed by atoms with Gasteiger partial charge in [0.15, 0.2) is 0 Å². The van der Waals surface area contributed by atoms with Gasteiger partial charge in [-0.2, -0.15) is 0 Å². The largest absolute Gasteiger partial charge is 0.372 e. The van der Waals surface area contributed by atoms with Crippen LogP contribution >= 0.6 is 11.6 Å². The topological polar surface area (TPSA) is 12.5 Å². The first kappa shape index (κ1) is 7.36. The van der Waals surface area contributed by atoms with Crippen molar-refractivity contribution in [3.05, 3.63) is 0 Å². The van der Waals surface area contributed by atoms with E-state index in [1.54, 1.807) is 0 Å². The third-order valence-electron chi connectivity index (χ3n) is 1.90. The monoisotopic (exact) mass is 148 g/mol. The molecule has 0 aromatic rings. The molecule has 0 N–H and O–H groups in total. The number of rotatable bonds is 3. The summed E-state index contributed by atoms with van der Waals surface area (Å²) in [7, 11) is 0. The normalized spacial score (nSPS) is 31.7. The van der Waals surface area contributed by atoms with E-state index in [1.165, 1.54) is 0 Å². The third kappa shape index (κ3) is 1.84. The quantitative estimate of drug-likeness (QED) is 0.441. The molecular formula is C7H13ClO. The summed E-state index contributed by atoms with van der Waals surface area (Å²) in [6.07, 6.45) is 1.51. The molecule has 1 rings (SSSR count). The predicted molar refractivity (Wildman–Crippen MR) is 38.8 cm³/mol. The van der Waals surface area contributed by atoms with Crippen LogP contribution in [0.25, 0.3) is 0 Å². The van der Waals surface area contributed by atoms with E-state index in [2.05, 4.69) is 13.8 Å². The van der Waals surface area contributed by atoms with E-state index in [0.29, 0.717) is 12.0 Å². The fourth-order valence-electron chi connectivity index (χ4n) is 0.831. The maximum atomic E-state index is 6.00. The molecule has 1 heterocycles. The molecule has 0 saturated carbocycles. The van der Waals surface area contributed by atoms with Crippen molar-refractivity contribution < 1.29 is 4.74 Å². The molecule has 3 unspecified atom stereocenters. The smallest absolute Gasteiger partial charge is 0.0975 e. The van der Waals surface area contributed by atoms with E-state index in [9.17, 15) is 0 Å². The lowest BCUT2D eigenvalue weighted by atomic mass is 10.0. The Hall–Kier alpha value is 0.250. The highest BCUT2D eigenvalue weighted by Gasteiger charge is 2.33. The average Bonchev–Trinajstić information content (AvgIpc) is 2.66. The number of hydrogen-bond acceptors (Lipinski definition) is 1. The highest BCUT2D eigenvalue weighted by molar-refractivity contribution is 6.21. The summed E-state index contributed by atoms with van der Waals surface area (Å²) < 4.78 is 5.06. The van der Waals surface area contributed by atoms with Gasteiger partial charge in [-0.3, -0.25) is 0 Å². The van der Waals surface area contributed by atoms with Gasteiger partial charge in [0, 0.05) is 0 Å². The minimum absolute atomic E-state index is 0.245. The molecule has 3 atom stereocenters. The summed E-state index contributed by atoms with van der Waals surface area (Å²) in [6.45, 7) is 5.19. The molecule has 0 amide bonds. The van der Waals surface area contributed by atoms with Gasteiger partial charge >= 0.3 is 0 Å². The molecule has 1 nitrogen and oxygen atoms in total. The minimum Gasteiger partial charge on any atom is -0.372 e. The van der Waals surface area contributed by atoms with Crippen LogP contribution in [-0.2, 0) is 4.74 Å². The van der Waals surface area contributed by atoms with Crippen LogP contribution in [0.15, 0.2) is 0 Å². The first-order valence-corrected chi connectivity index (χ1v) is 3.95. The molecule has 0 radical (unpaired) electrons. The lowest BCUT2D eigenvalue weighted by Gasteiger charge is -2.12. The first-order valence-electron chi connectivity index (χ1n) is 3.51. The Morgan fingerprint density at radius 2 is 2.33 bits per heavy atom. The molecular weight excluding hydrogens is 136 g/mol. The Morgan fingerprint density at radius 3 is 2.67 bits per heavy atom. The third-order valence-corrected chi connectivity index (χ3v) is 2.61. The molecule has 0 spiro atoms. The van der Waals surface area contributed by atoms with Crippen molar-refractivity contribution in [1.29, 1.82) is 0 Å². The van der Waals surface area contributed by atoms with Gasteiger partial charge in [0.1, 0.15) is 0 Å². The van der Waals surface area contributed by atoms with Crippen molar-refractivity contribution in [3.63, 3.8) is 0 Å². The Balaban J connectivity index is 2.22. The molecule has 2 heteroatoms. The summed E-state index contributed by atoms with van der Waals surface area (Å²) in [4.78, 5) is 0. The van der Waals surface area contributed by atoms with Gasteiger partial charge in [0.2, 0.25) is 0 Å². The van der Waals surface area contributed by atoms with E-state index < -0.39 is 0 Å². The van der Waals surface area contributed by atoms with E-state index in [4.69, 9.17) is 16.3 Å². The van der Waals surface area contributed by atoms with Crippen LogP contribution in [0.2, 0.25) is 0 Å². The van der Waals surface area contributed by atoms with Crippen LogP contribution in [0.4, 0.5) is 0 Å². The second-order valence-electron chi connectivity index (χ2n) is 2.70. The molecule has 54 valence electrons. The minimum atomic E-state index is 0.245. The van der Waals surface area contributed by atoms with E-state index in [0.717, 1.165) is 13.0 Å². The number of epoxide rings is 1. The molecule has 9 heavy (non-hydrogen) atoms. The maximum absolute atomic E-state index is 6.00. The predicted octanol–water partition coefficient (Wildman–Crippen LogP) is 2.04. The number of halogens is 1. The van der Waals surface area contributed by atoms with Gasteiger partial charge in [-0.05, 0) is 5.92 Å². The van der Waals surface area contributed by atoms with Gasteiger partial charge in [-0.25, -0.2) is 0 Å². The molecule has 0 bridgehead atoms. The summed E-state index contributed by atoms with van der Waals surface area (Å²) >= 11 is 6.00. The molecule has 0 aromatic heterocycles. The number of hydrogen-bond donors (Lipinski definition) is 0. The zero-order valence-electron chi connectivity index (χ0n) is 5.93. The van der Waals surface area contributed by atoms with E-state index in [-0.39, 0.29) is 5.38 Å². The zero-order chi connectivity index (χ0) is 6.85. The van der Waals surface area contributed by atoms with Crippen LogP contribution < -0.4 is 0 Å². The van der Waals surface area contributed by atoms with Crippen molar-refractivity contribution in [2.45, 2.75) is 31.7 Å². The highest BCUT2D eigenvalue weighted by Crippen LogP contribution is 2.26. The zero-order valence-corrected chi connectivity index (χ0v) is 6.69. The van der Waals surface area contributed by atoms with Crippen LogP contribution in [0.5, 0.6) is 0 Å². The lowest BCUT2D eigenvalue weighted by Crippen LogP contribution is -2.16. The Morgan fingerprint density at radius 1 is 1.78 bits per heavy atom. The fourth-order valence-corrected chi connectivity index (χ4v) is 1.15. The summed E-state index contributed by atoms with van der Waals surface area (Å²) in [6, 6.07) is 0. The fraction of sp³-hybridized carbons (Fsp3) is 1.00. The Labute approximate surface area is 61.3 Å². The standard InChI is InChI=1S/C7H13ClO/c1-3-5(2)7(8)6-4-9-6/h5-7H,3-4H2,1-2H3. The van der Waals surface area contributed by atoms with Crippen LogP contribution in [0, 0.1) is 5.92 Å². The van der Waals surface area contributed by atoms with Crippen LogP contribution in [0.1, 0.15) is 20.3 Å². The van der Waals surface area contributed by atoms with Gasteiger partial charge in [0.05, 0.1) is 18.1 Å². The summed E-state index contributed by atoms with van der Waals surface area (Å²) in [5.74, 6) is 0.596. The summed E-state index contributed by atoms with van der Waals surface area (Å²) in [5.41, 5.74) is 0. The van der Waals surface area contributed by atoms with Crippen molar-refractivity contribution in [3.8, 4) is 0 Å². The van der Waals surface area contributed by atoms with Crippen molar-refractivity contribution in [2.75, 3.05) is 6.61 Å². The van der Waals surface area contributed by atoms with Gasteiger partial charge in [-0.15, -0.1) is 11.6 Å². The Bertz CT molecular complexity index is 90.9. The summed E-state index contributed by atoms with van der Waals surface area (Å²) in [5, 5.41) is 0.245. The lowest BCUT2D eigenvalue weighted by molar-refractivity contribution is 0.363. The van der Waals surface area contributed by atoms with Gasteiger partial charge < -0.3 is 4.74 Å². The van der Waals surface area contributed by atoms with Crippen LogP contribution in [-0.4, -0.2) is 18.1 Å². The van der Waals surface area contributed by atoms with Gasteiger partial charge in [-0.1, -0.05) is 20.3 Å². The van der Waals surface area contributed by atoms with Crippen LogP contribution in [0.3, 0.4) is 0 Å². The average molecular weight is 149 g/mol.